The van der Waals surface area contributed by atoms with Gasteiger partial charge in [0.15, 0.2) is 0 Å². The number of carbonyl (C=O) groups is 2. The Morgan fingerprint density at radius 3 is 2.49 bits per heavy atom. The van der Waals surface area contributed by atoms with E-state index in [1.165, 1.54) is 29.9 Å². The molecule has 8 nitrogen and oxygen atoms in total. The van der Waals surface area contributed by atoms with Gasteiger partial charge in [-0.1, -0.05) is 41.4 Å². The van der Waals surface area contributed by atoms with Crippen molar-refractivity contribution < 1.29 is 18.0 Å². The lowest BCUT2D eigenvalue weighted by Crippen LogP contribution is -2.55. The molecular weight excluding hydrogens is 559 g/mol. The Hall–Kier alpha value is -2.17. The molecule has 0 bridgehead atoms. The van der Waals surface area contributed by atoms with Crippen molar-refractivity contribution in [1.82, 2.24) is 19.4 Å². The van der Waals surface area contributed by atoms with Gasteiger partial charge in [0.2, 0.25) is 21.8 Å². The highest BCUT2D eigenvalue weighted by molar-refractivity contribution is 7.89. The van der Waals surface area contributed by atoms with E-state index in [4.69, 9.17) is 23.2 Å². The van der Waals surface area contributed by atoms with Gasteiger partial charge in [0, 0.05) is 41.3 Å². The van der Waals surface area contributed by atoms with E-state index in [2.05, 4.69) is 9.62 Å². The first-order valence-corrected chi connectivity index (χ1v) is 15.8. The van der Waals surface area contributed by atoms with Crippen LogP contribution in [0.2, 0.25) is 10.0 Å². The van der Waals surface area contributed by atoms with E-state index in [1.54, 1.807) is 30.3 Å². The molecule has 11 heteroatoms. The Bertz CT molecular complexity index is 1330. The molecule has 0 aromatic heterocycles. The molecule has 3 aliphatic rings. The van der Waals surface area contributed by atoms with Gasteiger partial charge in [0.1, 0.15) is 6.04 Å². The van der Waals surface area contributed by atoms with Crippen LogP contribution in [0, 0.1) is 0 Å². The Balaban J connectivity index is 1.24. The molecule has 0 aliphatic carbocycles. The zero-order valence-electron chi connectivity index (χ0n) is 21.8. The standard InChI is InChI=1S/C28H34Cl2N4O4S/c29-21-10-11-24(25(30)17-21)20-6-3-8-23(16-20)39(37,38)31-26-9-5-14-33(28(26)36)19-27(35)34-15-4-7-22(34)18-32-12-1-2-13-32/h3,6,8,10-11,16-17,22,26,31H,1-2,4-5,7,9,12-15,18-19H2. The first-order chi connectivity index (χ1) is 18.7. The van der Waals surface area contributed by atoms with Crippen LogP contribution in [0.15, 0.2) is 47.4 Å². The number of amides is 2. The molecule has 0 spiro atoms. The summed E-state index contributed by atoms with van der Waals surface area (Å²) in [7, 11) is -4.00. The number of carbonyl (C=O) groups excluding carboxylic acids is 2. The summed E-state index contributed by atoms with van der Waals surface area (Å²) in [5.74, 6) is -0.411. The minimum atomic E-state index is -4.00. The highest BCUT2D eigenvalue weighted by atomic mass is 35.5. The third-order valence-corrected chi connectivity index (χ3v) is 9.92. The average Bonchev–Trinajstić information content (AvgIpc) is 3.59. The zero-order valence-corrected chi connectivity index (χ0v) is 24.1. The predicted molar refractivity (Wildman–Crippen MR) is 152 cm³/mol. The maximum absolute atomic E-state index is 13.3. The molecule has 2 amide bonds. The molecule has 3 aliphatic heterocycles. The van der Waals surface area contributed by atoms with Gasteiger partial charge in [-0.3, -0.25) is 9.59 Å². The zero-order chi connectivity index (χ0) is 27.6. The lowest BCUT2D eigenvalue weighted by molar-refractivity contribution is -0.143. The van der Waals surface area contributed by atoms with Crippen LogP contribution >= 0.6 is 23.2 Å². The minimum absolute atomic E-state index is 0.0158. The van der Waals surface area contributed by atoms with E-state index < -0.39 is 16.1 Å². The molecule has 2 unspecified atom stereocenters. The highest BCUT2D eigenvalue weighted by Gasteiger charge is 2.36. The monoisotopic (exact) mass is 592 g/mol. The van der Waals surface area contributed by atoms with E-state index in [0.717, 1.165) is 32.5 Å². The van der Waals surface area contributed by atoms with E-state index >= 15 is 0 Å². The van der Waals surface area contributed by atoms with Crippen molar-refractivity contribution >= 4 is 45.0 Å². The summed E-state index contributed by atoms with van der Waals surface area (Å²) in [4.78, 5) is 32.4. The van der Waals surface area contributed by atoms with Crippen LogP contribution < -0.4 is 4.72 Å². The van der Waals surface area contributed by atoms with Gasteiger partial charge in [-0.25, -0.2) is 8.42 Å². The summed E-state index contributed by atoms with van der Waals surface area (Å²) in [6.45, 7) is 4.20. The van der Waals surface area contributed by atoms with Crippen LogP contribution in [-0.2, 0) is 19.6 Å². The summed E-state index contributed by atoms with van der Waals surface area (Å²) in [6, 6.07) is 10.7. The van der Waals surface area contributed by atoms with Crippen molar-refractivity contribution in [3.05, 3.63) is 52.5 Å². The van der Waals surface area contributed by atoms with Gasteiger partial charge in [0.05, 0.1) is 11.4 Å². The van der Waals surface area contributed by atoms with Gasteiger partial charge >= 0.3 is 0 Å². The van der Waals surface area contributed by atoms with Crippen molar-refractivity contribution in [3.63, 3.8) is 0 Å². The SMILES string of the molecule is O=C1C(NS(=O)(=O)c2cccc(-c3ccc(Cl)cc3Cl)c2)CCCN1CC(=O)N1CCCC1CN1CCCC1. The molecule has 2 atom stereocenters. The van der Waals surface area contributed by atoms with Crippen LogP contribution in [0.4, 0.5) is 0 Å². The third kappa shape index (κ3) is 6.60. The number of halogens is 2. The molecule has 39 heavy (non-hydrogen) atoms. The second-order valence-electron chi connectivity index (χ2n) is 10.6. The molecule has 2 aromatic carbocycles. The predicted octanol–water partition coefficient (Wildman–Crippen LogP) is 4.02. The van der Waals surface area contributed by atoms with E-state index in [-0.39, 0.29) is 29.3 Å². The average molecular weight is 594 g/mol. The molecule has 5 rings (SSSR count). The second-order valence-corrected chi connectivity index (χ2v) is 13.2. The van der Waals surface area contributed by atoms with Gasteiger partial charge < -0.3 is 14.7 Å². The second kappa shape index (κ2) is 12.1. The van der Waals surface area contributed by atoms with Crippen LogP contribution in [-0.4, -0.2) is 86.3 Å². The third-order valence-electron chi connectivity index (χ3n) is 7.91. The van der Waals surface area contributed by atoms with Gasteiger partial charge in [-0.15, -0.1) is 0 Å². The van der Waals surface area contributed by atoms with Gasteiger partial charge in [-0.2, -0.15) is 4.72 Å². The molecule has 3 heterocycles. The van der Waals surface area contributed by atoms with Crippen molar-refractivity contribution in [1.29, 1.82) is 0 Å². The fraction of sp³-hybridized carbons (Fsp3) is 0.500. The molecule has 210 valence electrons. The van der Waals surface area contributed by atoms with Crippen molar-refractivity contribution in [2.75, 3.05) is 39.3 Å². The number of sulfonamides is 1. The summed E-state index contributed by atoms with van der Waals surface area (Å²) in [6.07, 6.45) is 5.37. The summed E-state index contributed by atoms with van der Waals surface area (Å²) >= 11 is 12.3. The van der Waals surface area contributed by atoms with Crippen LogP contribution in [0.5, 0.6) is 0 Å². The molecule has 1 N–H and O–H groups in total. The number of likely N-dealkylation sites (tertiary alicyclic amines) is 3. The molecule has 0 saturated carbocycles. The highest BCUT2D eigenvalue weighted by Crippen LogP contribution is 2.31. The van der Waals surface area contributed by atoms with Crippen molar-refractivity contribution in [2.45, 2.75) is 55.5 Å². The first-order valence-electron chi connectivity index (χ1n) is 13.6. The fourth-order valence-corrected chi connectivity index (χ4v) is 7.67. The Morgan fingerprint density at radius 2 is 1.72 bits per heavy atom. The normalized spacial score (nSPS) is 22.6. The molecule has 3 fully saturated rings. The van der Waals surface area contributed by atoms with Gasteiger partial charge in [0.25, 0.3) is 0 Å². The molecule has 0 radical (unpaired) electrons. The maximum Gasteiger partial charge on any atom is 0.242 e. The lowest BCUT2D eigenvalue weighted by Gasteiger charge is -2.34. The van der Waals surface area contributed by atoms with Crippen LogP contribution in [0.3, 0.4) is 0 Å². The molecular formula is C28H34Cl2N4O4S. The number of piperidine rings is 1. The first kappa shape index (κ1) is 28.4. The van der Waals surface area contributed by atoms with Crippen molar-refractivity contribution in [3.8, 4) is 11.1 Å². The summed E-state index contributed by atoms with van der Waals surface area (Å²) in [5, 5.41) is 0.897. The number of hydrogen-bond donors (Lipinski definition) is 1. The number of nitrogens with one attached hydrogen (secondary N) is 1. The minimum Gasteiger partial charge on any atom is -0.337 e. The van der Waals surface area contributed by atoms with Crippen LogP contribution in [0.25, 0.3) is 11.1 Å². The fourth-order valence-electron chi connectivity index (χ4n) is 5.89. The summed E-state index contributed by atoms with van der Waals surface area (Å²) < 4.78 is 29.2. The van der Waals surface area contributed by atoms with Crippen molar-refractivity contribution in [2.24, 2.45) is 0 Å². The van der Waals surface area contributed by atoms with E-state index in [9.17, 15) is 18.0 Å². The number of rotatable bonds is 8. The largest absolute Gasteiger partial charge is 0.337 e. The van der Waals surface area contributed by atoms with E-state index in [1.807, 2.05) is 4.90 Å². The molecule has 3 saturated heterocycles. The molecule has 2 aromatic rings. The van der Waals surface area contributed by atoms with E-state index in [0.29, 0.717) is 47.1 Å². The number of hydrogen-bond acceptors (Lipinski definition) is 5. The van der Waals surface area contributed by atoms with Gasteiger partial charge in [-0.05, 0) is 81.4 Å². The summed E-state index contributed by atoms with van der Waals surface area (Å²) in [5.41, 5.74) is 1.28. The van der Waals surface area contributed by atoms with Crippen LogP contribution in [0.1, 0.15) is 38.5 Å². The Kier molecular flexibility index (Phi) is 8.83. The topological polar surface area (TPSA) is 90.0 Å². The lowest BCUT2D eigenvalue weighted by atomic mass is 10.1. The smallest absolute Gasteiger partial charge is 0.242 e. The number of benzene rings is 2. The Morgan fingerprint density at radius 1 is 0.949 bits per heavy atom. The maximum atomic E-state index is 13.3. The Labute approximate surface area is 240 Å². The quantitative estimate of drug-likeness (QED) is 0.500. The number of nitrogens with zero attached hydrogens (tertiary/aromatic N) is 3.